The summed E-state index contributed by atoms with van der Waals surface area (Å²) >= 11 is 12.8. The predicted molar refractivity (Wildman–Crippen MR) is 107 cm³/mol. The number of hydrogen-bond donors (Lipinski definition) is 1. The van der Waals surface area contributed by atoms with Crippen LogP contribution in [0.2, 0.25) is 10.0 Å². The first-order valence-corrected chi connectivity index (χ1v) is 9.42. The molecule has 5 nitrogen and oxygen atoms in total. The minimum absolute atomic E-state index is 0.234. The summed E-state index contributed by atoms with van der Waals surface area (Å²) < 4.78 is 11.0. The van der Waals surface area contributed by atoms with Gasteiger partial charge < -0.3 is 14.6 Å². The zero-order valence-corrected chi connectivity index (χ0v) is 16.8. The monoisotopic (exact) mass is 409 g/mol. The molecule has 0 aromatic heterocycles. The number of hydrogen-bond acceptors (Lipinski definition) is 4. The third-order valence-corrected chi connectivity index (χ3v) is 5.03. The highest BCUT2D eigenvalue weighted by molar-refractivity contribution is 6.37. The summed E-state index contributed by atoms with van der Waals surface area (Å²) in [5, 5.41) is 9.73. The lowest BCUT2D eigenvalue weighted by molar-refractivity contribution is 0.0963. The van der Waals surface area contributed by atoms with Crippen molar-refractivity contribution in [3.63, 3.8) is 0 Å². The molecule has 1 atom stereocenters. The van der Waals surface area contributed by atoms with Gasteiger partial charge in [-0.05, 0) is 48.2 Å². The molecule has 144 valence electrons. The molecule has 27 heavy (non-hydrogen) atoms. The summed E-state index contributed by atoms with van der Waals surface area (Å²) in [6.07, 6.45) is -1.11. The number of carbonyl (C=O) groups excluding carboxylic acids is 1. The highest BCUT2D eigenvalue weighted by Gasteiger charge is 2.32. The van der Waals surface area contributed by atoms with Gasteiger partial charge in [0, 0.05) is 0 Å². The van der Waals surface area contributed by atoms with Crippen LogP contribution >= 0.6 is 23.2 Å². The van der Waals surface area contributed by atoms with Crippen molar-refractivity contribution in [3.05, 3.63) is 51.5 Å². The first-order valence-electron chi connectivity index (χ1n) is 8.66. The Labute approximate surface area is 168 Å². The van der Waals surface area contributed by atoms with Crippen LogP contribution in [-0.4, -0.2) is 30.5 Å². The Kier molecular flexibility index (Phi) is 5.84. The fourth-order valence-corrected chi connectivity index (χ4v) is 3.60. The van der Waals surface area contributed by atoms with E-state index in [1.165, 1.54) is 16.0 Å². The molecule has 0 bridgehead atoms. The van der Waals surface area contributed by atoms with E-state index in [1.807, 2.05) is 18.2 Å². The van der Waals surface area contributed by atoms with Crippen molar-refractivity contribution >= 4 is 35.0 Å². The Morgan fingerprint density at radius 2 is 1.93 bits per heavy atom. The summed E-state index contributed by atoms with van der Waals surface area (Å²) in [6, 6.07) is 9.04. The second kappa shape index (κ2) is 7.97. The van der Waals surface area contributed by atoms with Gasteiger partial charge in [-0.3, -0.25) is 4.90 Å². The van der Waals surface area contributed by atoms with Crippen LogP contribution in [0.4, 0.5) is 10.5 Å². The number of carbonyl (C=O) groups is 1. The lowest BCUT2D eigenvalue weighted by Crippen LogP contribution is -2.25. The molecule has 0 radical (unpaired) electrons. The number of anilines is 1. The molecule has 1 N–H and O–H groups in total. The zero-order chi connectivity index (χ0) is 19.7. The molecule has 3 rings (SSSR count). The predicted octanol–water partition coefficient (Wildman–Crippen LogP) is 5.54. The van der Waals surface area contributed by atoms with Crippen molar-refractivity contribution in [2.24, 2.45) is 0 Å². The normalized spacial score (nSPS) is 16.8. The van der Waals surface area contributed by atoms with Crippen LogP contribution in [-0.2, 0) is 4.74 Å². The maximum Gasteiger partial charge on any atom is 0.414 e. The Morgan fingerprint density at radius 1 is 1.26 bits per heavy atom. The fraction of sp³-hybridized carbons (Fsp3) is 0.350. The Balaban J connectivity index is 1.88. The molecule has 1 amide bonds. The fourth-order valence-electron chi connectivity index (χ4n) is 3.05. The second-order valence-corrected chi connectivity index (χ2v) is 7.63. The number of halogens is 2. The van der Waals surface area contributed by atoms with E-state index in [0.29, 0.717) is 23.1 Å². The molecule has 2 aromatic rings. The van der Waals surface area contributed by atoms with Gasteiger partial charge in [-0.15, -0.1) is 0 Å². The number of amides is 1. The van der Waals surface area contributed by atoms with E-state index < -0.39 is 12.2 Å². The van der Waals surface area contributed by atoms with Crippen molar-refractivity contribution in [2.45, 2.75) is 32.8 Å². The van der Waals surface area contributed by atoms with E-state index in [2.05, 4.69) is 20.8 Å². The molecule has 0 aliphatic carbocycles. The first-order chi connectivity index (χ1) is 12.8. The average molecular weight is 410 g/mol. The maximum atomic E-state index is 12.0. The molecule has 1 aliphatic rings. The molecule has 1 unspecified atom stereocenters. The minimum Gasteiger partial charge on any atom is -0.454 e. The highest BCUT2D eigenvalue weighted by Crippen LogP contribution is 2.41. The molecular formula is C20H21Cl2NO4. The average Bonchev–Trinajstić information content (AvgIpc) is 3.00. The van der Waals surface area contributed by atoms with E-state index >= 15 is 0 Å². The van der Waals surface area contributed by atoms with Gasteiger partial charge >= 0.3 is 6.09 Å². The third-order valence-electron chi connectivity index (χ3n) is 4.47. The molecule has 0 spiro atoms. The molecule has 1 aliphatic heterocycles. The van der Waals surface area contributed by atoms with Crippen LogP contribution in [0.15, 0.2) is 30.3 Å². The van der Waals surface area contributed by atoms with E-state index in [4.69, 9.17) is 32.7 Å². The van der Waals surface area contributed by atoms with Crippen LogP contribution < -0.4 is 9.64 Å². The Morgan fingerprint density at radius 3 is 2.48 bits per heavy atom. The lowest BCUT2D eigenvalue weighted by Gasteiger charge is -2.17. The Hall–Kier alpha value is -1.95. The summed E-state index contributed by atoms with van der Waals surface area (Å²) in [6.45, 7) is 6.29. The van der Waals surface area contributed by atoms with Gasteiger partial charge in [0.25, 0.3) is 0 Å². The van der Waals surface area contributed by atoms with Crippen molar-refractivity contribution in [2.75, 3.05) is 18.1 Å². The van der Waals surface area contributed by atoms with E-state index in [9.17, 15) is 9.90 Å². The second-order valence-electron chi connectivity index (χ2n) is 6.81. The van der Waals surface area contributed by atoms with Crippen LogP contribution in [0.25, 0.3) is 0 Å². The van der Waals surface area contributed by atoms with E-state index in [0.717, 1.165) is 0 Å². The summed E-state index contributed by atoms with van der Waals surface area (Å²) in [5.74, 6) is 1.33. The summed E-state index contributed by atoms with van der Waals surface area (Å²) in [7, 11) is 0. The molecular weight excluding hydrogens is 389 g/mol. The van der Waals surface area contributed by atoms with Gasteiger partial charge in [0.1, 0.15) is 11.9 Å². The lowest BCUT2D eigenvalue weighted by atomic mass is 9.98. The van der Waals surface area contributed by atoms with E-state index in [1.54, 1.807) is 12.1 Å². The standard InChI is InChI=1S/C20H21Cl2NO4/c1-11(2)16-8-14(5-4-12(16)3)26-19-17(21)6-13(7-18(19)22)23-9-15(10-24)27-20(23)25/h4-8,11,15,24H,9-10H2,1-3H3. The molecule has 7 heteroatoms. The largest absolute Gasteiger partial charge is 0.454 e. The molecule has 1 fully saturated rings. The number of aliphatic hydroxyl groups excluding tert-OH is 1. The number of nitrogens with zero attached hydrogens (tertiary/aromatic N) is 1. The zero-order valence-electron chi connectivity index (χ0n) is 15.3. The number of benzene rings is 2. The van der Waals surface area contributed by atoms with Crippen LogP contribution in [0.3, 0.4) is 0 Å². The maximum absolute atomic E-state index is 12.0. The smallest absolute Gasteiger partial charge is 0.414 e. The van der Waals surface area contributed by atoms with Crippen LogP contribution in [0.1, 0.15) is 30.9 Å². The van der Waals surface area contributed by atoms with Crippen LogP contribution in [0.5, 0.6) is 11.5 Å². The molecule has 1 saturated heterocycles. The van der Waals surface area contributed by atoms with E-state index in [-0.39, 0.29) is 23.2 Å². The number of rotatable bonds is 5. The van der Waals surface area contributed by atoms with Gasteiger partial charge in [0.2, 0.25) is 0 Å². The van der Waals surface area contributed by atoms with Crippen LogP contribution in [0, 0.1) is 6.92 Å². The number of cyclic esters (lactones) is 1. The van der Waals surface area contributed by atoms with Gasteiger partial charge in [-0.25, -0.2) is 4.79 Å². The van der Waals surface area contributed by atoms with Gasteiger partial charge in [-0.1, -0.05) is 43.1 Å². The third kappa shape index (κ3) is 4.15. The van der Waals surface area contributed by atoms with Crippen molar-refractivity contribution < 1.29 is 19.4 Å². The molecule has 0 saturated carbocycles. The molecule has 2 aromatic carbocycles. The highest BCUT2D eigenvalue weighted by atomic mass is 35.5. The number of ether oxygens (including phenoxy) is 2. The van der Waals surface area contributed by atoms with Crippen molar-refractivity contribution in [1.82, 2.24) is 0 Å². The quantitative estimate of drug-likeness (QED) is 0.704. The number of aliphatic hydroxyl groups is 1. The van der Waals surface area contributed by atoms with Crippen molar-refractivity contribution in [1.29, 1.82) is 0 Å². The number of aryl methyl sites for hydroxylation is 1. The first kappa shape index (κ1) is 19.8. The minimum atomic E-state index is -0.562. The Bertz CT molecular complexity index is 846. The molecule has 1 heterocycles. The summed E-state index contributed by atoms with van der Waals surface area (Å²) in [4.78, 5) is 13.3. The van der Waals surface area contributed by atoms with Gasteiger partial charge in [-0.2, -0.15) is 0 Å². The summed E-state index contributed by atoms with van der Waals surface area (Å²) in [5.41, 5.74) is 2.87. The van der Waals surface area contributed by atoms with Gasteiger partial charge in [0.05, 0.1) is 28.9 Å². The SMILES string of the molecule is Cc1ccc(Oc2c(Cl)cc(N3CC(CO)OC3=O)cc2Cl)cc1C(C)C. The topological polar surface area (TPSA) is 59.0 Å². The van der Waals surface area contributed by atoms with Gasteiger partial charge in [0.15, 0.2) is 5.75 Å². The van der Waals surface area contributed by atoms with Crippen molar-refractivity contribution in [3.8, 4) is 11.5 Å².